The molecular weight excluding hydrogens is 464 g/mol. The monoisotopic (exact) mass is 468 g/mol. The molecule has 0 saturated carbocycles. The van der Waals surface area contributed by atoms with E-state index < -0.39 is 67.6 Å². The molecule has 0 bridgehead atoms. The topological polar surface area (TPSA) is 104 Å². The molecule has 0 aliphatic carbocycles. The molecule has 0 fully saturated rings. The highest BCUT2D eigenvalue weighted by Gasteiger charge is 2.47. The van der Waals surface area contributed by atoms with Crippen molar-refractivity contribution in [3.05, 3.63) is 20.8 Å². The Bertz CT molecular complexity index is 650. The lowest BCUT2D eigenvalue weighted by molar-refractivity contribution is -0.145. The first kappa shape index (κ1) is 19.1. The van der Waals surface area contributed by atoms with Gasteiger partial charge in [0.05, 0.1) is 0 Å². The van der Waals surface area contributed by atoms with Crippen LogP contribution in [0.5, 0.6) is 11.5 Å². The number of benzene rings is 1. The molecule has 0 aliphatic rings. The fourth-order valence-electron chi connectivity index (χ4n) is 1.38. The molecule has 0 unspecified atom stereocenters. The highest BCUT2D eigenvalue weighted by Crippen LogP contribution is 2.53. The van der Waals surface area contributed by atoms with Crippen LogP contribution in [-0.4, -0.2) is 14.9 Å². The van der Waals surface area contributed by atoms with E-state index in [0.717, 1.165) is 0 Å². The number of hydrogen-bond donors (Lipinski definition) is 3. The lowest BCUT2D eigenvalue weighted by atomic mass is 10.1. The van der Waals surface area contributed by atoms with Crippen LogP contribution in [0.4, 0.5) is 26.3 Å². The number of hydrogen-bond acceptors (Lipinski definition) is 4. The molecule has 0 radical (unpaired) electrons. The van der Waals surface area contributed by atoms with E-state index >= 15 is 0 Å². The van der Waals surface area contributed by atoms with Gasteiger partial charge in [-0.2, -0.15) is 26.3 Å². The Hall–Kier alpha value is -0.920. The number of rotatable bonds is 3. The summed E-state index contributed by atoms with van der Waals surface area (Å²) in [6, 6.07) is -0.243. The molecule has 3 N–H and O–H groups in total. The van der Waals surface area contributed by atoms with Crippen molar-refractivity contribution in [3.8, 4) is 11.5 Å². The van der Waals surface area contributed by atoms with Gasteiger partial charge in [-0.1, -0.05) is 0 Å². The van der Waals surface area contributed by atoms with Crippen molar-refractivity contribution in [2.45, 2.75) is 12.4 Å². The van der Waals surface area contributed by atoms with E-state index in [1.807, 2.05) is 0 Å². The molecular formula is C8H4F6IO6P. The van der Waals surface area contributed by atoms with E-state index in [1.54, 1.807) is 0 Å². The molecule has 0 aliphatic heterocycles. The zero-order valence-corrected chi connectivity index (χ0v) is 12.8. The average Bonchev–Trinajstić information content (AvgIpc) is 2.25. The predicted octanol–water partition coefficient (Wildman–Crippen LogP) is 3.39. The molecule has 1 aromatic rings. The molecule has 1 rings (SSSR count). The van der Waals surface area contributed by atoms with Crippen LogP contribution in [0.2, 0.25) is 0 Å². The fourth-order valence-corrected chi connectivity index (χ4v) is 2.96. The van der Waals surface area contributed by atoms with Gasteiger partial charge in [0, 0.05) is 0 Å². The van der Waals surface area contributed by atoms with Crippen molar-refractivity contribution in [2.24, 2.45) is 0 Å². The molecule has 0 spiro atoms. The molecule has 14 heteroatoms. The quantitative estimate of drug-likeness (QED) is 0.357. The van der Waals surface area contributed by atoms with E-state index in [-0.39, 0.29) is 6.07 Å². The third kappa shape index (κ3) is 4.30. The predicted molar refractivity (Wildman–Crippen MR) is 64.2 cm³/mol. The van der Waals surface area contributed by atoms with Crippen molar-refractivity contribution >= 4 is 29.0 Å². The van der Waals surface area contributed by atoms with Gasteiger partial charge in [-0.25, -0.2) is 4.57 Å². The Labute approximate surface area is 127 Å². The molecule has 0 amide bonds. The average molecular weight is 468 g/mol. The van der Waals surface area contributed by atoms with E-state index in [1.165, 1.54) is 0 Å². The van der Waals surface area contributed by atoms with Crippen LogP contribution in [0.15, 0.2) is 6.07 Å². The van der Waals surface area contributed by atoms with Crippen LogP contribution in [0.25, 0.3) is 0 Å². The summed E-state index contributed by atoms with van der Waals surface area (Å²) in [4.78, 5) is 17.0. The molecule has 6 nitrogen and oxygen atoms in total. The van der Waals surface area contributed by atoms with Gasteiger partial charge in [0.15, 0.2) is 26.9 Å². The van der Waals surface area contributed by atoms with Crippen LogP contribution in [0.1, 0.15) is 11.1 Å². The minimum Gasteiger partial charge on any atom is -0.507 e. The molecule has 126 valence electrons. The highest BCUT2D eigenvalue weighted by molar-refractivity contribution is 14.1. The Morgan fingerprint density at radius 2 is 1.59 bits per heavy atom. The Morgan fingerprint density at radius 1 is 1.09 bits per heavy atom. The summed E-state index contributed by atoms with van der Waals surface area (Å²) in [5, 5.41) is 9.20. The van der Waals surface area contributed by atoms with Gasteiger partial charge in [0.25, 0.3) is 0 Å². The zero-order valence-electron chi connectivity index (χ0n) is 9.74. The highest BCUT2D eigenvalue weighted by atomic mass is 127. The minimum atomic E-state index is -5.80. The second-order valence-corrected chi connectivity index (χ2v) is 6.30. The van der Waals surface area contributed by atoms with E-state index in [2.05, 4.69) is 4.52 Å². The third-order valence-electron chi connectivity index (χ3n) is 2.07. The number of phosphoric ester groups is 1. The second-order valence-electron chi connectivity index (χ2n) is 3.62. The third-order valence-corrected chi connectivity index (χ3v) is 4.03. The van der Waals surface area contributed by atoms with Crippen molar-refractivity contribution in [3.63, 3.8) is 0 Å². The Morgan fingerprint density at radius 3 is 1.91 bits per heavy atom. The van der Waals surface area contributed by atoms with Crippen LogP contribution < -0.4 is 4.52 Å². The van der Waals surface area contributed by atoms with Gasteiger partial charge in [-0.15, -0.1) is 0 Å². The summed E-state index contributed by atoms with van der Waals surface area (Å²) in [5.41, 5.74) is -4.60. The SMILES string of the molecule is O=Ic1c(O)cc(C(F)(F)F)c(OP(=O)(O)O)c1C(F)(F)F. The number of halogens is 7. The zero-order chi connectivity index (χ0) is 17.5. The molecule has 0 atom stereocenters. The smallest absolute Gasteiger partial charge is 0.507 e. The Balaban J connectivity index is 3.94. The van der Waals surface area contributed by atoms with Gasteiger partial charge in [0.2, 0.25) is 0 Å². The van der Waals surface area contributed by atoms with E-state index in [4.69, 9.17) is 9.79 Å². The number of phenols is 1. The van der Waals surface area contributed by atoms with Crippen LogP contribution in [0.3, 0.4) is 0 Å². The maximum Gasteiger partial charge on any atom is 0.524 e. The van der Waals surface area contributed by atoms with Crippen LogP contribution >= 0.6 is 29.0 Å². The standard InChI is InChI=1S/C8H4F6IO6P/c9-7(10,11)2-1-3(16)5(15-17)4(8(12,13)14)6(2)21-22(18,19)20/h1,16H,(H2,18,19,20). The van der Waals surface area contributed by atoms with Crippen molar-refractivity contribution < 1.29 is 53.4 Å². The number of phosphoric acid groups is 1. The lowest BCUT2D eigenvalue weighted by Gasteiger charge is -2.20. The minimum absolute atomic E-state index is 0.243. The van der Waals surface area contributed by atoms with Gasteiger partial charge in [-0.3, -0.25) is 12.9 Å². The van der Waals surface area contributed by atoms with Crippen molar-refractivity contribution in [2.75, 3.05) is 0 Å². The summed E-state index contributed by atoms with van der Waals surface area (Å²) < 4.78 is 100. The number of aromatic hydroxyl groups is 1. The van der Waals surface area contributed by atoms with Gasteiger partial charge in [-0.05, 0) is 6.07 Å². The van der Waals surface area contributed by atoms with E-state index in [0.29, 0.717) is 0 Å². The summed E-state index contributed by atoms with van der Waals surface area (Å²) in [5.74, 6) is -3.81. The van der Waals surface area contributed by atoms with Gasteiger partial charge >= 0.3 is 20.2 Å². The number of alkyl halides is 6. The van der Waals surface area contributed by atoms with Crippen molar-refractivity contribution in [1.82, 2.24) is 0 Å². The maximum absolute atomic E-state index is 12.9. The van der Waals surface area contributed by atoms with Gasteiger partial charge < -0.3 is 9.63 Å². The summed E-state index contributed by atoms with van der Waals surface area (Å²) >= 11 is -2.83. The largest absolute Gasteiger partial charge is 0.524 e. The number of phenolic OH excluding ortho intramolecular Hbond substituents is 1. The summed E-state index contributed by atoms with van der Waals surface area (Å²) in [6.45, 7) is 0. The molecule has 22 heavy (non-hydrogen) atoms. The van der Waals surface area contributed by atoms with Gasteiger partial charge in [0.1, 0.15) is 20.4 Å². The second kappa shape index (κ2) is 5.94. The molecule has 0 aromatic heterocycles. The molecule has 0 heterocycles. The normalized spacial score (nSPS) is 13.3. The first-order chi connectivity index (χ1) is 9.68. The van der Waals surface area contributed by atoms with E-state index in [9.17, 15) is 39.1 Å². The van der Waals surface area contributed by atoms with Crippen LogP contribution in [-0.2, 0) is 20.0 Å². The summed E-state index contributed by atoms with van der Waals surface area (Å²) in [7, 11) is -5.80. The Kier molecular flexibility index (Phi) is 5.16. The fraction of sp³-hybridized carbons (Fsp3) is 0.250. The van der Waals surface area contributed by atoms with Crippen LogP contribution in [0, 0.1) is 3.57 Å². The molecule has 0 saturated heterocycles. The first-order valence-electron chi connectivity index (χ1n) is 4.75. The van der Waals surface area contributed by atoms with Crippen molar-refractivity contribution in [1.29, 1.82) is 0 Å². The maximum atomic E-state index is 12.9. The summed E-state index contributed by atoms with van der Waals surface area (Å²) in [6.07, 6.45) is -11.1. The lowest BCUT2D eigenvalue weighted by Crippen LogP contribution is -2.16. The molecule has 1 aromatic carbocycles. The first-order valence-corrected chi connectivity index (χ1v) is 8.24.